The Hall–Kier alpha value is -3.39. The number of nitrogens with one attached hydrogen (secondary N) is 1. The maximum atomic E-state index is 13.6. The molecule has 0 unspecified atom stereocenters. The van der Waals surface area contributed by atoms with Crippen molar-refractivity contribution in [3.05, 3.63) is 71.1 Å². The third-order valence-electron chi connectivity index (χ3n) is 3.71. The van der Waals surface area contributed by atoms with E-state index in [-0.39, 0.29) is 5.82 Å². The van der Waals surface area contributed by atoms with Gasteiger partial charge in [-0.15, -0.1) is 0 Å². The van der Waals surface area contributed by atoms with Crippen LogP contribution in [0, 0.1) is 5.82 Å². The summed E-state index contributed by atoms with van der Waals surface area (Å²) in [6.07, 6.45) is 1.78. The SMILES string of the molecule is Cn1c(-c2ccc(Cl)cc2)cnc1NCc1ccccc1F.O=C(O)C(=O)O. The molecule has 9 heteroatoms. The lowest BCUT2D eigenvalue weighted by molar-refractivity contribution is -0.159. The summed E-state index contributed by atoms with van der Waals surface area (Å²) >= 11 is 5.91. The molecule has 0 saturated heterocycles. The molecule has 2 aromatic carbocycles. The predicted octanol–water partition coefficient (Wildman–Crippen LogP) is 3.65. The van der Waals surface area contributed by atoms with Crippen molar-refractivity contribution < 1.29 is 24.2 Å². The Labute approximate surface area is 165 Å². The molecule has 3 rings (SSSR count). The zero-order valence-corrected chi connectivity index (χ0v) is 15.5. The summed E-state index contributed by atoms with van der Waals surface area (Å²) < 4.78 is 15.6. The molecule has 3 aromatic rings. The Balaban J connectivity index is 0.000000409. The van der Waals surface area contributed by atoms with Crippen molar-refractivity contribution >= 4 is 29.5 Å². The van der Waals surface area contributed by atoms with Gasteiger partial charge in [0.1, 0.15) is 5.82 Å². The van der Waals surface area contributed by atoms with Gasteiger partial charge in [-0.1, -0.05) is 41.9 Å². The quantitative estimate of drug-likeness (QED) is 0.572. The number of hydrogen-bond donors (Lipinski definition) is 3. The molecular formula is C19H17ClFN3O4. The van der Waals surface area contributed by atoms with Crippen molar-refractivity contribution in [2.24, 2.45) is 7.05 Å². The molecule has 0 bridgehead atoms. The molecule has 0 atom stereocenters. The molecule has 7 nitrogen and oxygen atoms in total. The van der Waals surface area contributed by atoms with Gasteiger partial charge < -0.3 is 20.1 Å². The van der Waals surface area contributed by atoms with Gasteiger partial charge >= 0.3 is 11.9 Å². The number of aliphatic carboxylic acids is 2. The lowest BCUT2D eigenvalue weighted by Gasteiger charge is -2.09. The van der Waals surface area contributed by atoms with E-state index in [2.05, 4.69) is 10.3 Å². The predicted molar refractivity (Wildman–Crippen MR) is 103 cm³/mol. The Kier molecular flexibility index (Phi) is 7.11. The summed E-state index contributed by atoms with van der Waals surface area (Å²) in [4.78, 5) is 22.6. The van der Waals surface area contributed by atoms with Crippen LogP contribution in [0.4, 0.5) is 10.3 Å². The smallest absolute Gasteiger partial charge is 0.414 e. The molecule has 0 aliphatic heterocycles. The van der Waals surface area contributed by atoms with Gasteiger partial charge in [-0.3, -0.25) is 0 Å². The molecule has 1 aromatic heterocycles. The molecule has 0 fully saturated rings. The first-order valence-corrected chi connectivity index (χ1v) is 8.38. The summed E-state index contributed by atoms with van der Waals surface area (Å²) in [7, 11) is 1.92. The summed E-state index contributed by atoms with van der Waals surface area (Å²) in [5, 5.41) is 18.6. The van der Waals surface area contributed by atoms with E-state index in [1.807, 2.05) is 41.9 Å². The van der Waals surface area contributed by atoms with Crippen molar-refractivity contribution in [1.29, 1.82) is 0 Å². The first kappa shape index (κ1) is 20.9. The largest absolute Gasteiger partial charge is 0.473 e. The number of anilines is 1. The number of carboxylic acids is 2. The van der Waals surface area contributed by atoms with Crippen molar-refractivity contribution in [1.82, 2.24) is 9.55 Å². The number of imidazole rings is 1. The molecule has 28 heavy (non-hydrogen) atoms. The third-order valence-corrected chi connectivity index (χ3v) is 3.96. The van der Waals surface area contributed by atoms with E-state index in [9.17, 15) is 4.39 Å². The fraction of sp³-hybridized carbons (Fsp3) is 0.105. The molecule has 0 aliphatic carbocycles. The number of benzene rings is 2. The van der Waals surface area contributed by atoms with Crippen LogP contribution in [0.2, 0.25) is 5.02 Å². The number of nitrogens with zero attached hydrogens (tertiary/aromatic N) is 2. The highest BCUT2D eigenvalue weighted by Gasteiger charge is 2.09. The zero-order chi connectivity index (χ0) is 20.7. The minimum absolute atomic E-state index is 0.220. The van der Waals surface area contributed by atoms with Crippen LogP contribution in [-0.2, 0) is 23.2 Å². The van der Waals surface area contributed by atoms with E-state index in [1.54, 1.807) is 18.3 Å². The van der Waals surface area contributed by atoms with Crippen molar-refractivity contribution in [3.63, 3.8) is 0 Å². The maximum Gasteiger partial charge on any atom is 0.414 e. The highest BCUT2D eigenvalue weighted by atomic mass is 35.5. The topological polar surface area (TPSA) is 104 Å². The molecule has 146 valence electrons. The van der Waals surface area contributed by atoms with Crippen LogP contribution in [0.25, 0.3) is 11.3 Å². The normalized spacial score (nSPS) is 9.96. The summed E-state index contributed by atoms with van der Waals surface area (Å²) in [5.74, 6) is -3.18. The third kappa shape index (κ3) is 5.55. The number of hydrogen-bond acceptors (Lipinski definition) is 4. The number of carboxylic acid groups (broad SMARTS) is 2. The minimum Gasteiger partial charge on any atom is -0.473 e. The van der Waals surface area contributed by atoms with Gasteiger partial charge in [0.25, 0.3) is 0 Å². The van der Waals surface area contributed by atoms with Crippen LogP contribution in [0.5, 0.6) is 0 Å². The number of halogens is 2. The van der Waals surface area contributed by atoms with Crippen LogP contribution in [-0.4, -0.2) is 31.7 Å². The Morgan fingerprint density at radius 1 is 1.11 bits per heavy atom. The Morgan fingerprint density at radius 2 is 1.71 bits per heavy atom. The lowest BCUT2D eigenvalue weighted by Crippen LogP contribution is -2.09. The van der Waals surface area contributed by atoms with E-state index in [0.717, 1.165) is 11.3 Å². The van der Waals surface area contributed by atoms with Gasteiger partial charge in [0.15, 0.2) is 0 Å². The molecule has 1 heterocycles. The van der Waals surface area contributed by atoms with Crippen molar-refractivity contribution in [2.75, 3.05) is 5.32 Å². The lowest BCUT2D eigenvalue weighted by atomic mass is 10.2. The number of rotatable bonds is 4. The van der Waals surface area contributed by atoms with Crippen LogP contribution >= 0.6 is 11.6 Å². The average Bonchev–Trinajstić information content (AvgIpc) is 3.03. The van der Waals surface area contributed by atoms with Crippen molar-refractivity contribution in [3.8, 4) is 11.3 Å². The molecular weight excluding hydrogens is 389 g/mol. The molecule has 0 amide bonds. The van der Waals surface area contributed by atoms with Crippen LogP contribution in [0.15, 0.2) is 54.7 Å². The molecule has 0 aliphatic rings. The number of carbonyl (C=O) groups is 2. The Bertz CT molecular complexity index is 962. The second-order valence-corrected chi connectivity index (χ2v) is 6.02. The fourth-order valence-corrected chi connectivity index (χ4v) is 2.40. The standard InChI is InChI=1S/C17H15ClFN3.C2H2O4/c1-22-16(12-6-8-14(18)9-7-12)11-21-17(22)20-10-13-4-2-3-5-15(13)19;3-1(4)2(5)6/h2-9,11H,10H2,1H3,(H,20,21);(H,3,4)(H,5,6). The molecule has 0 spiro atoms. The molecule has 3 N–H and O–H groups in total. The first-order valence-electron chi connectivity index (χ1n) is 8.00. The van der Waals surface area contributed by atoms with E-state index in [1.165, 1.54) is 6.07 Å². The van der Waals surface area contributed by atoms with E-state index in [0.29, 0.717) is 23.1 Å². The monoisotopic (exact) mass is 405 g/mol. The van der Waals surface area contributed by atoms with Crippen molar-refractivity contribution in [2.45, 2.75) is 6.54 Å². The average molecular weight is 406 g/mol. The van der Waals surface area contributed by atoms with E-state index >= 15 is 0 Å². The summed E-state index contributed by atoms with van der Waals surface area (Å²) in [6.45, 7) is 0.386. The van der Waals surface area contributed by atoms with Crippen LogP contribution in [0.1, 0.15) is 5.56 Å². The highest BCUT2D eigenvalue weighted by Crippen LogP contribution is 2.23. The van der Waals surface area contributed by atoms with Gasteiger partial charge in [-0.2, -0.15) is 0 Å². The molecule has 0 saturated carbocycles. The highest BCUT2D eigenvalue weighted by molar-refractivity contribution is 6.30. The Morgan fingerprint density at radius 3 is 2.29 bits per heavy atom. The van der Waals surface area contributed by atoms with Gasteiger partial charge in [-0.05, 0) is 23.8 Å². The van der Waals surface area contributed by atoms with Crippen LogP contribution in [0.3, 0.4) is 0 Å². The number of aromatic nitrogens is 2. The second kappa shape index (κ2) is 9.52. The zero-order valence-electron chi connectivity index (χ0n) is 14.8. The summed E-state index contributed by atoms with van der Waals surface area (Å²) in [6, 6.07) is 14.3. The van der Waals surface area contributed by atoms with E-state index in [4.69, 9.17) is 31.4 Å². The van der Waals surface area contributed by atoms with Gasteiger partial charge in [0.2, 0.25) is 5.95 Å². The van der Waals surface area contributed by atoms with E-state index < -0.39 is 11.9 Å². The maximum absolute atomic E-state index is 13.6. The molecule has 0 radical (unpaired) electrons. The van der Waals surface area contributed by atoms with Crippen LogP contribution < -0.4 is 5.32 Å². The van der Waals surface area contributed by atoms with Gasteiger partial charge in [0, 0.05) is 24.2 Å². The van der Waals surface area contributed by atoms with Gasteiger partial charge in [-0.25, -0.2) is 19.0 Å². The van der Waals surface area contributed by atoms with Gasteiger partial charge in [0.05, 0.1) is 11.9 Å². The minimum atomic E-state index is -1.82. The summed E-state index contributed by atoms with van der Waals surface area (Å²) in [5.41, 5.74) is 2.60. The fourth-order valence-electron chi connectivity index (χ4n) is 2.28. The first-order chi connectivity index (χ1) is 13.3. The second-order valence-electron chi connectivity index (χ2n) is 5.59.